The number of piperazine rings is 1. The number of anilines is 3. The molecule has 0 radical (unpaired) electrons. The number of hydrogen-bond donors (Lipinski definition) is 1. The molecule has 1 saturated heterocycles. The van der Waals surface area contributed by atoms with Gasteiger partial charge in [0.05, 0.1) is 4.90 Å². The minimum atomic E-state index is -3.76. The van der Waals surface area contributed by atoms with Gasteiger partial charge < -0.3 is 14.7 Å². The molecule has 0 aliphatic carbocycles. The van der Waals surface area contributed by atoms with Crippen molar-refractivity contribution >= 4 is 44.7 Å². The van der Waals surface area contributed by atoms with Gasteiger partial charge >= 0.3 is 0 Å². The fourth-order valence-electron chi connectivity index (χ4n) is 4.97. The first-order chi connectivity index (χ1) is 17.8. The molecular weight excluding hydrogens is 512 g/mol. The highest BCUT2D eigenvalue weighted by Gasteiger charge is 2.31. The summed E-state index contributed by atoms with van der Waals surface area (Å²) in [7, 11) is -3.76. The molecule has 2 aliphatic heterocycles. The van der Waals surface area contributed by atoms with Crippen LogP contribution in [0.25, 0.3) is 0 Å². The number of hydrogen-bond acceptors (Lipinski definition) is 7. The van der Waals surface area contributed by atoms with Gasteiger partial charge in [0.15, 0.2) is 5.82 Å². The van der Waals surface area contributed by atoms with Crippen LogP contribution in [0.5, 0.6) is 0 Å². The lowest BCUT2D eigenvalue weighted by Crippen LogP contribution is -2.55. The summed E-state index contributed by atoms with van der Waals surface area (Å²) in [5, 5.41) is 8.18. The molecule has 3 aromatic rings. The highest BCUT2D eigenvalue weighted by molar-refractivity contribution is 7.92. The molecule has 194 valence electrons. The van der Waals surface area contributed by atoms with Gasteiger partial charge in [0.25, 0.3) is 10.0 Å². The molecule has 1 fully saturated rings. The second kappa shape index (κ2) is 10.5. The summed E-state index contributed by atoms with van der Waals surface area (Å²) >= 11 is 6.18. The number of halogens is 1. The van der Waals surface area contributed by atoms with Crippen molar-refractivity contribution in [1.82, 2.24) is 15.1 Å². The van der Waals surface area contributed by atoms with E-state index in [1.165, 1.54) is 11.8 Å². The highest BCUT2D eigenvalue weighted by atomic mass is 35.5. The number of carbonyl (C=O) groups is 1. The number of nitrogens with one attached hydrogen (secondary N) is 1. The number of fused-ring (bicyclic) bond motifs is 1. The van der Waals surface area contributed by atoms with Crippen LogP contribution in [0.2, 0.25) is 5.02 Å². The first-order valence-electron chi connectivity index (χ1n) is 12.3. The van der Waals surface area contributed by atoms with E-state index < -0.39 is 10.0 Å². The Kier molecular flexibility index (Phi) is 7.21. The van der Waals surface area contributed by atoms with Crippen molar-refractivity contribution in [2.24, 2.45) is 0 Å². The maximum atomic E-state index is 13.4. The zero-order valence-corrected chi connectivity index (χ0v) is 22.1. The van der Waals surface area contributed by atoms with Crippen LogP contribution in [0, 0.1) is 0 Å². The van der Waals surface area contributed by atoms with E-state index in [1.54, 1.807) is 36.4 Å². The van der Waals surface area contributed by atoms with E-state index in [-0.39, 0.29) is 22.7 Å². The van der Waals surface area contributed by atoms with Crippen molar-refractivity contribution in [2.45, 2.75) is 30.7 Å². The normalized spacial score (nSPS) is 16.8. The molecule has 0 spiro atoms. The summed E-state index contributed by atoms with van der Waals surface area (Å²) in [4.78, 5) is 19.8. The second-order valence-electron chi connectivity index (χ2n) is 9.27. The minimum absolute atomic E-state index is 0.124. The third-order valence-electron chi connectivity index (χ3n) is 6.94. The van der Waals surface area contributed by atoms with Gasteiger partial charge in [-0.05, 0) is 79.9 Å². The van der Waals surface area contributed by atoms with Crippen LogP contribution >= 0.6 is 11.6 Å². The predicted molar refractivity (Wildman–Crippen MR) is 145 cm³/mol. The van der Waals surface area contributed by atoms with Crippen molar-refractivity contribution in [3.8, 4) is 0 Å². The monoisotopic (exact) mass is 540 g/mol. The SMILES string of the molecule is C[C@H](C(=O)N1CCN(c2ccc(S(=O)(=O)Nc3cccnn3)cc2)CC1)N1CCCc2cc(Cl)ccc21. The third-order valence-corrected chi connectivity index (χ3v) is 8.54. The van der Waals surface area contributed by atoms with E-state index >= 15 is 0 Å². The highest BCUT2D eigenvalue weighted by Crippen LogP contribution is 2.31. The Morgan fingerprint density at radius 2 is 1.78 bits per heavy atom. The van der Waals surface area contributed by atoms with Gasteiger partial charge in [0.2, 0.25) is 5.91 Å². The topological polar surface area (TPSA) is 98.7 Å². The molecule has 5 rings (SSSR count). The van der Waals surface area contributed by atoms with Gasteiger partial charge in [0.1, 0.15) is 6.04 Å². The number of rotatable bonds is 6. The molecule has 0 bridgehead atoms. The van der Waals surface area contributed by atoms with Gasteiger partial charge in [-0.15, -0.1) is 5.10 Å². The average molecular weight is 541 g/mol. The van der Waals surface area contributed by atoms with Crippen LogP contribution in [-0.2, 0) is 21.2 Å². The van der Waals surface area contributed by atoms with Crippen LogP contribution in [0.3, 0.4) is 0 Å². The lowest BCUT2D eigenvalue weighted by molar-refractivity contribution is -0.132. The largest absolute Gasteiger partial charge is 0.368 e. The molecule has 0 unspecified atom stereocenters. The zero-order valence-electron chi connectivity index (χ0n) is 20.5. The van der Waals surface area contributed by atoms with Crippen LogP contribution in [0.4, 0.5) is 17.2 Å². The third kappa shape index (κ3) is 5.50. The molecule has 1 atom stereocenters. The van der Waals surface area contributed by atoms with Crippen molar-refractivity contribution in [1.29, 1.82) is 0 Å². The van der Waals surface area contributed by atoms with Gasteiger partial charge in [0, 0.05) is 55.3 Å². The summed E-state index contributed by atoms with van der Waals surface area (Å²) in [6, 6.07) is 15.5. The zero-order chi connectivity index (χ0) is 26.0. The first kappa shape index (κ1) is 25.3. The molecule has 11 heteroatoms. The number of carbonyl (C=O) groups excluding carboxylic acids is 1. The van der Waals surface area contributed by atoms with Gasteiger partial charge in [-0.3, -0.25) is 9.52 Å². The Labute approximate surface area is 222 Å². The maximum Gasteiger partial charge on any atom is 0.263 e. The van der Waals surface area contributed by atoms with Crippen LogP contribution < -0.4 is 14.5 Å². The molecule has 1 aromatic heterocycles. The van der Waals surface area contributed by atoms with Crippen LogP contribution in [0.15, 0.2) is 65.7 Å². The molecular formula is C26H29ClN6O3S. The van der Waals surface area contributed by atoms with E-state index in [0.717, 1.165) is 35.8 Å². The number of sulfonamides is 1. The number of nitrogens with zero attached hydrogens (tertiary/aromatic N) is 5. The summed E-state index contributed by atoms with van der Waals surface area (Å²) in [5.74, 6) is 0.289. The van der Waals surface area contributed by atoms with Gasteiger partial charge in [-0.1, -0.05) is 11.6 Å². The molecule has 1 N–H and O–H groups in total. The van der Waals surface area contributed by atoms with E-state index in [4.69, 9.17) is 11.6 Å². The van der Waals surface area contributed by atoms with Crippen LogP contribution in [0.1, 0.15) is 18.9 Å². The van der Waals surface area contributed by atoms with Crippen molar-refractivity contribution in [3.63, 3.8) is 0 Å². The summed E-state index contributed by atoms with van der Waals surface area (Å²) in [6.07, 6.45) is 3.45. The molecule has 2 aromatic carbocycles. The smallest absolute Gasteiger partial charge is 0.263 e. The van der Waals surface area contributed by atoms with E-state index in [0.29, 0.717) is 26.2 Å². The molecule has 9 nitrogen and oxygen atoms in total. The Balaban J connectivity index is 1.19. The van der Waals surface area contributed by atoms with Crippen molar-refractivity contribution in [2.75, 3.05) is 47.2 Å². The Morgan fingerprint density at radius 3 is 2.49 bits per heavy atom. The Morgan fingerprint density at radius 1 is 1.03 bits per heavy atom. The van der Waals surface area contributed by atoms with Crippen molar-refractivity contribution < 1.29 is 13.2 Å². The fraction of sp³-hybridized carbons (Fsp3) is 0.346. The van der Waals surface area contributed by atoms with Gasteiger partial charge in [-0.25, -0.2) is 8.42 Å². The average Bonchev–Trinajstić information content (AvgIpc) is 2.92. The lowest BCUT2D eigenvalue weighted by atomic mass is 10.00. The summed E-state index contributed by atoms with van der Waals surface area (Å²) in [5.41, 5.74) is 3.21. The molecule has 1 amide bonds. The number of aromatic nitrogens is 2. The Hall–Kier alpha value is -3.37. The first-order valence-corrected chi connectivity index (χ1v) is 14.2. The van der Waals surface area contributed by atoms with Crippen molar-refractivity contribution in [3.05, 3.63) is 71.4 Å². The molecule has 0 saturated carbocycles. The maximum absolute atomic E-state index is 13.4. The number of benzene rings is 2. The molecule has 37 heavy (non-hydrogen) atoms. The van der Waals surface area contributed by atoms with Crippen LogP contribution in [-0.4, -0.2) is 68.2 Å². The molecule has 2 aliphatic rings. The minimum Gasteiger partial charge on any atom is -0.368 e. The summed E-state index contributed by atoms with van der Waals surface area (Å²) in [6.45, 7) is 5.40. The lowest BCUT2D eigenvalue weighted by Gasteiger charge is -2.41. The standard InChI is InChI=1S/C26H29ClN6O3S/c1-19(33-13-3-4-20-18-21(27)6-11-24(20)33)26(34)32-16-14-31(15-17-32)22-7-9-23(10-8-22)37(35,36)30-25-5-2-12-28-29-25/h2,5-12,18-19H,3-4,13-17H2,1H3,(H,29,30)/t19-/m1/s1. The second-order valence-corrected chi connectivity index (χ2v) is 11.4. The molecule has 3 heterocycles. The number of amides is 1. The Bertz CT molecular complexity index is 1360. The van der Waals surface area contributed by atoms with Gasteiger partial charge in [-0.2, -0.15) is 5.10 Å². The quantitative estimate of drug-likeness (QED) is 0.511. The predicted octanol–water partition coefficient (Wildman–Crippen LogP) is 3.42. The summed E-state index contributed by atoms with van der Waals surface area (Å²) < 4.78 is 27.7. The van der Waals surface area contributed by atoms with E-state index in [1.807, 2.05) is 30.0 Å². The van der Waals surface area contributed by atoms with E-state index in [9.17, 15) is 13.2 Å². The number of aryl methyl sites for hydroxylation is 1. The van der Waals surface area contributed by atoms with E-state index in [2.05, 4.69) is 24.7 Å². The fourth-order valence-corrected chi connectivity index (χ4v) is 6.16.